The van der Waals surface area contributed by atoms with Crippen LogP contribution in [0.4, 0.5) is 0 Å². The number of fused-ring (bicyclic) bond motifs is 1. The van der Waals surface area contributed by atoms with E-state index < -0.39 is 11.5 Å². The molecule has 150 valence electrons. The quantitative estimate of drug-likeness (QED) is 0.668. The number of aliphatic hydroxyl groups is 2. The van der Waals surface area contributed by atoms with Gasteiger partial charge in [-0.3, -0.25) is 9.59 Å². The molecule has 3 rings (SSSR count). The van der Waals surface area contributed by atoms with Gasteiger partial charge in [0.1, 0.15) is 0 Å². The van der Waals surface area contributed by atoms with Gasteiger partial charge in [0.15, 0.2) is 0 Å². The van der Waals surface area contributed by atoms with Gasteiger partial charge in [0, 0.05) is 23.5 Å². The molecule has 2 atom stereocenters. The Labute approximate surface area is 168 Å². The second kappa shape index (κ2) is 8.07. The fourth-order valence-electron chi connectivity index (χ4n) is 3.77. The van der Waals surface area contributed by atoms with E-state index in [2.05, 4.69) is 11.9 Å². The zero-order valence-electron chi connectivity index (χ0n) is 15.9. The molecule has 1 aliphatic rings. The van der Waals surface area contributed by atoms with E-state index >= 15 is 0 Å². The van der Waals surface area contributed by atoms with Gasteiger partial charge in [-0.2, -0.15) is 0 Å². The van der Waals surface area contributed by atoms with Crippen molar-refractivity contribution in [1.82, 2.24) is 9.88 Å². The first-order chi connectivity index (χ1) is 13.3. The van der Waals surface area contributed by atoms with Crippen molar-refractivity contribution in [3.05, 3.63) is 57.5 Å². The van der Waals surface area contributed by atoms with Crippen molar-refractivity contribution in [1.29, 1.82) is 0 Å². The van der Waals surface area contributed by atoms with Gasteiger partial charge >= 0.3 is 0 Å². The van der Waals surface area contributed by atoms with Gasteiger partial charge < -0.3 is 20.1 Å². The van der Waals surface area contributed by atoms with Crippen LogP contribution in [0, 0.1) is 0 Å². The molecule has 0 bridgehead atoms. The first-order valence-electron chi connectivity index (χ1n) is 9.37. The third kappa shape index (κ3) is 3.99. The molecular formula is C21H25ClN2O4. The number of amides is 1. The Kier molecular flexibility index (Phi) is 5.93. The average Bonchev–Trinajstić information content (AvgIpc) is 2.65. The molecular weight excluding hydrogens is 380 g/mol. The number of pyridine rings is 1. The molecule has 0 spiro atoms. The second-order valence-corrected chi connectivity index (χ2v) is 8.04. The minimum Gasteiger partial charge on any atom is -0.394 e. The lowest BCUT2D eigenvalue weighted by molar-refractivity contribution is 0.0199. The van der Waals surface area contributed by atoms with Gasteiger partial charge in [-0.1, -0.05) is 23.8 Å². The van der Waals surface area contributed by atoms with E-state index in [-0.39, 0.29) is 35.3 Å². The molecule has 1 aromatic heterocycles. The average molecular weight is 405 g/mol. The van der Waals surface area contributed by atoms with Crippen LogP contribution in [-0.2, 0) is 0 Å². The van der Waals surface area contributed by atoms with E-state index in [0.29, 0.717) is 23.6 Å². The van der Waals surface area contributed by atoms with Crippen molar-refractivity contribution in [2.75, 3.05) is 13.2 Å². The Morgan fingerprint density at radius 2 is 2.14 bits per heavy atom. The zero-order valence-corrected chi connectivity index (χ0v) is 16.6. The molecule has 1 aromatic carbocycles. The Balaban J connectivity index is 1.92. The van der Waals surface area contributed by atoms with Crippen LogP contribution >= 0.6 is 11.6 Å². The van der Waals surface area contributed by atoms with E-state index in [1.54, 1.807) is 25.3 Å². The Morgan fingerprint density at radius 1 is 1.39 bits per heavy atom. The Morgan fingerprint density at radius 3 is 2.82 bits per heavy atom. The number of benzene rings is 1. The maximum atomic E-state index is 12.9. The molecule has 1 fully saturated rings. The minimum absolute atomic E-state index is 0.0934. The van der Waals surface area contributed by atoms with Crippen molar-refractivity contribution >= 4 is 28.3 Å². The summed E-state index contributed by atoms with van der Waals surface area (Å²) < 4.78 is 1.42. The summed E-state index contributed by atoms with van der Waals surface area (Å²) in [5.74, 6) is -0.437. The maximum Gasteiger partial charge on any atom is 0.258 e. The summed E-state index contributed by atoms with van der Waals surface area (Å²) in [6.07, 6.45) is 4.34. The van der Waals surface area contributed by atoms with Crippen molar-refractivity contribution in [3.8, 4) is 0 Å². The highest BCUT2D eigenvalue weighted by Crippen LogP contribution is 2.31. The third-order valence-corrected chi connectivity index (χ3v) is 5.67. The standard InChI is InChI=1S/C21H25ClN2O4/c1-13-4-3-8-21(28,10-13)12-23-19(26)18-15-7-9-24(14(2)11-25)20(27)16(15)5-6-17(18)22/h5-7,9,14,25,28H,1,3-4,8,10-12H2,2H3,(H,23,26)/t14-,21?/m1/s1. The van der Waals surface area contributed by atoms with Gasteiger partial charge in [-0.15, -0.1) is 0 Å². The van der Waals surface area contributed by atoms with Crippen LogP contribution in [0.2, 0.25) is 5.02 Å². The van der Waals surface area contributed by atoms with Crippen LogP contribution in [0.1, 0.15) is 49.0 Å². The lowest BCUT2D eigenvalue weighted by atomic mass is 9.82. The number of aromatic nitrogens is 1. The predicted molar refractivity (Wildman–Crippen MR) is 110 cm³/mol. The first-order valence-corrected chi connectivity index (χ1v) is 9.75. The first kappa shape index (κ1) is 20.6. The number of aliphatic hydroxyl groups excluding tert-OH is 1. The smallest absolute Gasteiger partial charge is 0.258 e. The van der Waals surface area contributed by atoms with Crippen molar-refractivity contribution in [2.45, 2.75) is 44.2 Å². The normalized spacial score (nSPS) is 20.9. The number of carbonyl (C=O) groups is 1. The van der Waals surface area contributed by atoms with Crippen LogP contribution in [0.15, 0.2) is 41.3 Å². The number of hydrogen-bond donors (Lipinski definition) is 3. The van der Waals surface area contributed by atoms with Crippen LogP contribution < -0.4 is 10.9 Å². The molecule has 1 saturated carbocycles. The largest absolute Gasteiger partial charge is 0.394 e. The molecule has 0 saturated heterocycles. The van der Waals surface area contributed by atoms with Crippen molar-refractivity contribution in [3.63, 3.8) is 0 Å². The zero-order chi connectivity index (χ0) is 20.5. The number of nitrogens with zero attached hydrogens (tertiary/aromatic N) is 1. The number of carbonyl (C=O) groups excluding carboxylic acids is 1. The Hall–Kier alpha value is -2.15. The summed E-state index contributed by atoms with van der Waals surface area (Å²) in [4.78, 5) is 25.6. The van der Waals surface area contributed by atoms with Gasteiger partial charge in [0.25, 0.3) is 11.5 Å². The number of nitrogens with one attached hydrogen (secondary N) is 1. The van der Waals surface area contributed by atoms with Gasteiger partial charge in [0.2, 0.25) is 0 Å². The van der Waals surface area contributed by atoms with Gasteiger partial charge in [-0.05, 0) is 50.8 Å². The SMILES string of the molecule is C=C1CCCC(O)(CNC(=O)c2c(Cl)ccc3c(=O)n([C@H](C)CO)ccc23)C1. The highest BCUT2D eigenvalue weighted by atomic mass is 35.5. The van der Waals surface area contributed by atoms with Crippen LogP contribution in [0.25, 0.3) is 10.8 Å². The third-order valence-electron chi connectivity index (χ3n) is 5.36. The van der Waals surface area contributed by atoms with Crippen LogP contribution in [0.3, 0.4) is 0 Å². The van der Waals surface area contributed by atoms with Crippen LogP contribution in [-0.4, -0.2) is 39.4 Å². The number of halogens is 1. The summed E-state index contributed by atoms with van der Waals surface area (Å²) >= 11 is 6.27. The lowest BCUT2D eigenvalue weighted by Gasteiger charge is -2.33. The highest BCUT2D eigenvalue weighted by Gasteiger charge is 2.31. The predicted octanol–water partition coefficient (Wildman–Crippen LogP) is 2.80. The summed E-state index contributed by atoms with van der Waals surface area (Å²) in [6, 6.07) is 4.38. The molecule has 3 N–H and O–H groups in total. The second-order valence-electron chi connectivity index (χ2n) is 7.63. The molecule has 7 heteroatoms. The summed E-state index contributed by atoms with van der Waals surface area (Å²) in [6.45, 7) is 5.60. The van der Waals surface area contributed by atoms with Gasteiger partial charge in [0.05, 0.1) is 28.8 Å². The van der Waals surface area contributed by atoms with E-state index in [1.807, 2.05) is 0 Å². The number of hydrogen-bond acceptors (Lipinski definition) is 4. The summed E-state index contributed by atoms with van der Waals surface area (Å²) in [7, 11) is 0. The maximum absolute atomic E-state index is 12.9. The molecule has 1 heterocycles. The fourth-order valence-corrected chi connectivity index (χ4v) is 4.02. The molecule has 2 aromatic rings. The molecule has 1 aliphatic carbocycles. The topological polar surface area (TPSA) is 91.6 Å². The van der Waals surface area contributed by atoms with Crippen molar-refractivity contribution in [2.24, 2.45) is 0 Å². The Bertz CT molecular complexity index is 984. The molecule has 0 radical (unpaired) electrons. The van der Waals surface area contributed by atoms with E-state index in [1.165, 1.54) is 10.6 Å². The van der Waals surface area contributed by atoms with E-state index in [9.17, 15) is 19.8 Å². The molecule has 28 heavy (non-hydrogen) atoms. The van der Waals surface area contributed by atoms with Crippen LogP contribution in [0.5, 0.6) is 0 Å². The molecule has 1 unspecified atom stereocenters. The van der Waals surface area contributed by atoms with Crippen molar-refractivity contribution < 1.29 is 15.0 Å². The monoisotopic (exact) mass is 404 g/mol. The summed E-state index contributed by atoms with van der Waals surface area (Å²) in [5.41, 5.74) is -0.124. The summed E-state index contributed by atoms with van der Waals surface area (Å²) in [5, 5.41) is 23.8. The highest BCUT2D eigenvalue weighted by molar-refractivity contribution is 6.35. The molecule has 0 aliphatic heterocycles. The molecule has 1 amide bonds. The number of rotatable bonds is 5. The van der Waals surface area contributed by atoms with E-state index in [4.69, 9.17) is 11.6 Å². The fraction of sp³-hybridized carbons (Fsp3) is 0.429. The minimum atomic E-state index is -1.01. The van der Waals surface area contributed by atoms with E-state index in [0.717, 1.165) is 18.4 Å². The molecule has 6 nitrogen and oxygen atoms in total. The van der Waals surface area contributed by atoms with Gasteiger partial charge in [-0.25, -0.2) is 0 Å². The lowest BCUT2D eigenvalue weighted by Crippen LogP contribution is -2.44.